The largest absolute Gasteiger partial charge is 0.368 e. The van der Waals surface area contributed by atoms with E-state index in [2.05, 4.69) is 49.9 Å². The van der Waals surface area contributed by atoms with E-state index in [4.69, 9.17) is 5.73 Å². The smallest absolute Gasteiger partial charge is 0.0401 e. The standard InChI is InChI=1S/C13H22N2/c1-4-12-8-6-7-9-13(12)15(5-2)11(3)10-14/h6-9,11H,4-5,10,14H2,1-3H3. The fraction of sp³-hybridized carbons (Fsp3) is 0.538. The molecule has 0 aliphatic carbocycles. The monoisotopic (exact) mass is 206 g/mol. The van der Waals surface area contributed by atoms with Gasteiger partial charge >= 0.3 is 0 Å². The van der Waals surface area contributed by atoms with Gasteiger partial charge in [-0.05, 0) is 31.9 Å². The zero-order valence-corrected chi connectivity index (χ0v) is 10.0. The third-order valence-corrected chi connectivity index (χ3v) is 2.90. The Labute approximate surface area is 93.1 Å². The van der Waals surface area contributed by atoms with Crippen molar-refractivity contribution in [2.75, 3.05) is 18.0 Å². The summed E-state index contributed by atoms with van der Waals surface area (Å²) in [7, 11) is 0. The van der Waals surface area contributed by atoms with E-state index in [0.717, 1.165) is 13.0 Å². The molecular formula is C13H22N2. The van der Waals surface area contributed by atoms with Crippen LogP contribution in [0.2, 0.25) is 0 Å². The molecule has 0 radical (unpaired) electrons. The summed E-state index contributed by atoms with van der Waals surface area (Å²) in [5.41, 5.74) is 8.47. The Morgan fingerprint density at radius 3 is 2.47 bits per heavy atom. The second-order valence-electron chi connectivity index (χ2n) is 3.85. The molecule has 1 rings (SSSR count). The molecule has 0 fully saturated rings. The number of benzene rings is 1. The molecule has 0 aliphatic rings. The Kier molecular flexibility index (Phi) is 4.63. The molecule has 15 heavy (non-hydrogen) atoms. The first-order chi connectivity index (χ1) is 7.24. The summed E-state index contributed by atoms with van der Waals surface area (Å²) in [6.07, 6.45) is 1.07. The van der Waals surface area contributed by atoms with Gasteiger partial charge < -0.3 is 10.6 Å². The zero-order chi connectivity index (χ0) is 11.3. The molecule has 0 saturated heterocycles. The van der Waals surface area contributed by atoms with Crippen LogP contribution in [-0.4, -0.2) is 19.1 Å². The molecule has 0 heterocycles. The quantitative estimate of drug-likeness (QED) is 0.801. The Hall–Kier alpha value is -1.02. The lowest BCUT2D eigenvalue weighted by Gasteiger charge is -2.31. The number of aryl methyl sites for hydroxylation is 1. The summed E-state index contributed by atoms with van der Waals surface area (Å²) in [5.74, 6) is 0. The van der Waals surface area contributed by atoms with Gasteiger partial charge in [-0.25, -0.2) is 0 Å². The molecule has 2 N–H and O–H groups in total. The maximum atomic E-state index is 5.74. The van der Waals surface area contributed by atoms with Crippen molar-refractivity contribution in [1.82, 2.24) is 0 Å². The number of para-hydroxylation sites is 1. The van der Waals surface area contributed by atoms with Gasteiger partial charge in [-0.2, -0.15) is 0 Å². The third kappa shape index (κ3) is 2.72. The molecule has 0 saturated carbocycles. The van der Waals surface area contributed by atoms with Crippen LogP contribution in [0.25, 0.3) is 0 Å². The Bertz CT molecular complexity index is 296. The molecule has 0 bridgehead atoms. The molecule has 1 aromatic carbocycles. The topological polar surface area (TPSA) is 29.3 Å². The van der Waals surface area contributed by atoms with E-state index < -0.39 is 0 Å². The normalized spacial score (nSPS) is 12.5. The first-order valence-electron chi connectivity index (χ1n) is 5.79. The molecule has 0 amide bonds. The van der Waals surface area contributed by atoms with Gasteiger partial charge in [-0.3, -0.25) is 0 Å². The van der Waals surface area contributed by atoms with Crippen molar-refractivity contribution in [3.05, 3.63) is 29.8 Å². The van der Waals surface area contributed by atoms with Gasteiger partial charge in [0.15, 0.2) is 0 Å². The van der Waals surface area contributed by atoms with Gasteiger partial charge in [0, 0.05) is 24.8 Å². The molecular weight excluding hydrogens is 184 g/mol. The highest BCUT2D eigenvalue weighted by Gasteiger charge is 2.13. The third-order valence-electron chi connectivity index (χ3n) is 2.90. The minimum Gasteiger partial charge on any atom is -0.368 e. The Morgan fingerprint density at radius 1 is 1.27 bits per heavy atom. The number of hydrogen-bond acceptors (Lipinski definition) is 2. The fourth-order valence-electron chi connectivity index (χ4n) is 1.94. The van der Waals surface area contributed by atoms with Crippen LogP contribution in [0.1, 0.15) is 26.3 Å². The molecule has 1 atom stereocenters. The van der Waals surface area contributed by atoms with Crippen LogP contribution >= 0.6 is 0 Å². The van der Waals surface area contributed by atoms with Crippen molar-refractivity contribution >= 4 is 5.69 Å². The van der Waals surface area contributed by atoms with E-state index in [-0.39, 0.29) is 0 Å². The summed E-state index contributed by atoms with van der Waals surface area (Å²) in [4.78, 5) is 2.37. The summed E-state index contributed by atoms with van der Waals surface area (Å²) >= 11 is 0. The van der Waals surface area contributed by atoms with Gasteiger partial charge in [-0.15, -0.1) is 0 Å². The van der Waals surface area contributed by atoms with Crippen molar-refractivity contribution in [2.45, 2.75) is 33.2 Å². The van der Waals surface area contributed by atoms with Crippen LogP contribution in [0.15, 0.2) is 24.3 Å². The summed E-state index contributed by atoms with van der Waals surface area (Å²) < 4.78 is 0. The summed E-state index contributed by atoms with van der Waals surface area (Å²) in [5, 5.41) is 0. The van der Waals surface area contributed by atoms with Crippen LogP contribution in [0, 0.1) is 0 Å². The SMILES string of the molecule is CCc1ccccc1N(CC)C(C)CN. The maximum absolute atomic E-state index is 5.74. The minimum atomic E-state index is 0.405. The average molecular weight is 206 g/mol. The highest BCUT2D eigenvalue weighted by Crippen LogP contribution is 2.22. The average Bonchev–Trinajstić information content (AvgIpc) is 2.30. The lowest BCUT2D eigenvalue weighted by molar-refractivity contribution is 0.654. The van der Waals surface area contributed by atoms with Gasteiger partial charge in [0.05, 0.1) is 0 Å². The Morgan fingerprint density at radius 2 is 1.93 bits per heavy atom. The number of nitrogens with two attached hydrogens (primary N) is 1. The molecule has 1 unspecified atom stereocenters. The molecule has 1 aromatic rings. The fourth-order valence-corrected chi connectivity index (χ4v) is 1.94. The van der Waals surface area contributed by atoms with Crippen LogP contribution in [0.4, 0.5) is 5.69 Å². The molecule has 0 spiro atoms. The van der Waals surface area contributed by atoms with Gasteiger partial charge in [0.2, 0.25) is 0 Å². The second kappa shape index (κ2) is 5.76. The summed E-state index contributed by atoms with van der Waals surface area (Å²) in [6.45, 7) is 8.26. The van der Waals surface area contributed by atoms with E-state index in [0.29, 0.717) is 12.6 Å². The predicted molar refractivity (Wildman–Crippen MR) is 67.4 cm³/mol. The van der Waals surface area contributed by atoms with Gasteiger partial charge in [0.25, 0.3) is 0 Å². The lowest BCUT2D eigenvalue weighted by Crippen LogP contribution is -2.38. The van der Waals surface area contributed by atoms with Crippen LogP contribution < -0.4 is 10.6 Å². The second-order valence-corrected chi connectivity index (χ2v) is 3.85. The van der Waals surface area contributed by atoms with Gasteiger partial charge in [-0.1, -0.05) is 25.1 Å². The number of rotatable bonds is 5. The van der Waals surface area contributed by atoms with E-state index in [1.54, 1.807) is 0 Å². The minimum absolute atomic E-state index is 0.405. The molecule has 84 valence electrons. The lowest BCUT2D eigenvalue weighted by atomic mass is 10.1. The van der Waals surface area contributed by atoms with Gasteiger partial charge in [0.1, 0.15) is 0 Å². The van der Waals surface area contributed by atoms with E-state index in [9.17, 15) is 0 Å². The molecule has 2 nitrogen and oxygen atoms in total. The van der Waals surface area contributed by atoms with E-state index in [1.165, 1.54) is 11.3 Å². The highest BCUT2D eigenvalue weighted by molar-refractivity contribution is 5.54. The number of likely N-dealkylation sites (N-methyl/N-ethyl adjacent to an activating group) is 1. The van der Waals surface area contributed by atoms with Crippen LogP contribution in [0.3, 0.4) is 0 Å². The number of anilines is 1. The Balaban J connectivity index is 3.00. The number of hydrogen-bond donors (Lipinski definition) is 1. The van der Waals surface area contributed by atoms with Crippen molar-refractivity contribution in [2.24, 2.45) is 5.73 Å². The first-order valence-corrected chi connectivity index (χ1v) is 5.79. The zero-order valence-electron chi connectivity index (χ0n) is 10.0. The van der Waals surface area contributed by atoms with Crippen molar-refractivity contribution in [3.8, 4) is 0 Å². The van der Waals surface area contributed by atoms with Crippen molar-refractivity contribution in [3.63, 3.8) is 0 Å². The highest BCUT2D eigenvalue weighted by atomic mass is 15.2. The molecule has 0 aliphatic heterocycles. The maximum Gasteiger partial charge on any atom is 0.0401 e. The molecule has 2 heteroatoms. The van der Waals surface area contributed by atoms with E-state index >= 15 is 0 Å². The summed E-state index contributed by atoms with van der Waals surface area (Å²) in [6, 6.07) is 8.99. The van der Waals surface area contributed by atoms with Crippen molar-refractivity contribution < 1.29 is 0 Å². The van der Waals surface area contributed by atoms with Crippen molar-refractivity contribution in [1.29, 1.82) is 0 Å². The number of nitrogens with zero attached hydrogens (tertiary/aromatic N) is 1. The molecule has 0 aromatic heterocycles. The van der Waals surface area contributed by atoms with Crippen LogP contribution in [0.5, 0.6) is 0 Å². The van der Waals surface area contributed by atoms with E-state index in [1.807, 2.05) is 0 Å². The first kappa shape index (κ1) is 12.1. The predicted octanol–water partition coefficient (Wildman–Crippen LogP) is 2.42. The van der Waals surface area contributed by atoms with Crippen LogP contribution in [-0.2, 0) is 6.42 Å².